The predicted octanol–water partition coefficient (Wildman–Crippen LogP) is 3.84. The number of pyridine rings is 1. The second kappa shape index (κ2) is 8.06. The summed E-state index contributed by atoms with van der Waals surface area (Å²) in [5, 5.41) is 0.998. The fraction of sp³-hybridized carbons (Fsp3) is 0.474. The monoisotopic (exact) mass is 361 g/mol. The van der Waals surface area contributed by atoms with Gasteiger partial charge in [-0.15, -0.1) is 11.8 Å². The third kappa shape index (κ3) is 3.90. The molecule has 0 spiro atoms. The number of fused-ring (bicyclic) bond motifs is 1. The van der Waals surface area contributed by atoms with Crippen LogP contribution in [0.5, 0.6) is 5.75 Å². The van der Waals surface area contributed by atoms with Crippen LogP contribution in [0.2, 0.25) is 0 Å². The molecule has 5 nitrogen and oxygen atoms in total. The SMILES string of the molecule is CCOC(=O)C1(Sc2ccnc3ccc(OCCOC)cc23)CCC1. The van der Waals surface area contributed by atoms with Crippen molar-refractivity contribution in [3.8, 4) is 5.75 Å². The lowest BCUT2D eigenvalue weighted by molar-refractivity contribution is -0.148. The van der Waals surface area contributed by atoms with Crippen LogP contribution in [-0.2, 0) is 14.3 Å². The molecule has 3 rings (SSSR count). The lowest BCUT2D eigenvalue weighted by Gasteiger charge is -2.38. The zero-order valence-electron chi connectivity index (χ0n) is 14.6. The first-order chi connectivity index (χ1) is 12.2. The van der Waals surface area contributed by atoms with E-state index in [-0.39, 0.29) is 5.97 Å². The van der Waals surface area contributed by atoms with E-state index in [1.807, 2.05) is 31.2 Å². The Morgan fingerprint density at radius 2 is 2.12 bits per heavy atom. The van der Waals surface area contributed by atoms with Gasteiger partial charge < -0.3 is 14.2 Å². The van der Waals surface area contributed by atoms with Crippen LogP contribution in [0.3, 0.4) is 0 Å². The number of esters is 1. The third-order valence-corrected chi connectivity index (χ3v) is 5.88. The van der Waals surface area contributed by atoms with Gasteiger partial charge in [-0.3, -0.25) is 9.78 Å². The van der Waals surface area contributed by atoms with Gasteiger partial charge in [-0.2, -0.15) is 0 Å². The molecular weight excluding hydrogens is 338 g/mol. The first-order valence-electron chi connectivity index (χ1n) is 8.55. The maximum Gasteiger partial charge on any atom is 0.322 e. The summed E-state index contributed by atoms with van der Waals surface area (Å²) in [7, 11) is 1.65. The smallest absolute Gasteiger partial charge is 0.322 e. The number of aromatic nitrogens is 1. The van der Waals surface area contributed by atoms with E-state index in [0.29, 0.717) is 19.8 Å². The van der Waals surface area contributed by atoms with E-state index in [1.165, 1.54) is 0 Å². The highest BCUT2D eigenvalue weighted by Gasteiger charge is 2.46. The van der Waals surface area contributed by atoms with Crippen molar-refractivity contribution < 1.29 is 19.0 Å². The molecule has 1 fully saturated rings. The number of nitrogens with zero attached hydrogens (tertiary/aromatic N) is 1. The predicted molar refractivity (Wildman–Crippen MR) is 98.2 cm³/mol. The van der Waals surface area contributed by atoms with E-state index in [2.05, 4.69) is 4.98 Å². The van der Waals surface area contributed by atoms with Gasteiger partial charge in [-0.05, 0) is 50.5 Å². The number of methoxy groups -OCH3 is 1. The number of benzene rings is 1. The highest BCUT2D eigenvalue weighted by Crippen LogP contribution is 2.50. The van der Waals surface area contributed by atoms with E-state index in [4.69, 9.17) is 14.2 Å². The summed E-state index contributed by atoms with van der Waals surface area (Å²) >= 11 is 1.60. The Hall–Kier alpha value is -1.79. The van der Waals surface area contributed by atoms with Crippen molar-refractivity contribution in [3.05, 3.63) is 30.5 Å². The van der Waals surface area contributed by atoms with E-state index in [0.717, 1.165) is 40.8 Å². The normalized spacial score (nSPS) is 15.6. The molecule has 0 atom stereocenters. The van der Waals surface area contributed by atoms with Crippen LogP contribution < -0.4 is 4.74 Å². The second-order valence-electron chi connectivity index (χ2n) is 6.00. The van der Waals surface area contributed by atoms with Gasteiger partial charge in [0.15, 0.2) is 0 Å². The second-order valence-corrected chi connectivity index (χ2v) is 7.43. The van der Waals surface area contributed by atoms with Crippen molar-refractivity contribution in [2.45, 2.75) is 35.8 Å². The molecule has 0 N–H and O–H groups in total. The Morgan fingerprint density at radius 1 is 1.28 bits per heavy atom. The largest absolute Gasteiger partial charge is 0.491 e. The number of thioether (sulfide) groups is 1. The molecule has 25 heavy (non-hydrogen) atoms. The summed E-state index contributed by atoms with van der Waals surface area (Å²) < 4.78 is 15.6. The first kappa shape index (κ1) is 18.0. The van der Waals surface area contributed by atoms with E-state index >= 15 is 0 Å². The van der Waals surface area contributed by atoms with Crippen LogP contribution >= 0.6 is 11.8 Å². The molecule has 0 bridgehead atoms. The Morgan fingerprint density at radius 3 is 2.80 bits per heavy atom. The number of hydrogen-bond donors (Lipinski definition) is 0. The highest BCUT2D eigenvalue weighted by atomic mass is 32.2. The Kier molecular flexibility index (Phi) is 5.81. The van der Waals surface area contributed by atoms with E-state index < -0.39 is 4.75 Å². The van der Waals surface area contributed by atoms with Gasteiger partial charge in [0.2, 0.25) is 0 Å². The lowest BCUT2D eigenvalue weighted by Crippen LogP contribution is -2.43. The minimum atomic E-state index is -0.461. The molecule has 0 unspecified atom stereocenters. The lowest BCUT2D eigenvalue weighted by atomic mass is 9.84. The van der Waals surface area contributed by atoms with Gasteiger partial charge in [-0.25, -0.2) is 0 Å². The summed E-state index contributed by atoms with van der Waals surface area (Å²) in [6, 6.07) is 7.80. The van der Waals surface area contributed by atoms with Crippen molar-refractivity contribution in [1.82, 2.24) is 4.98 Å². The molecule has 6 heteroatoms. The highest BCUT2D eigenvalue weighted by molar-refractivity contribution is 8.01. The van der Waals surface area contributed by atoms with Gasteiger partial charge in [0.25, 0.3) is 0 Å². The minimum Gasteiger partial charge on any atom is -0.491 e. The molecular formula is C19H23NO4S. The number of hydrogen-bond acceptors (Lipinski definition) is 6. The van der Waals surface area contributed by atoms with Crippen molar-refractivity contribution in [2.75, 3.05) is 26.9 Å². The average molecular weight is 361 g/mol. The van der Waals surface area contributed by atoms with Crippen LogP contribution in [-0.4, -0.2) is 42.6 Å². The van der Waals surface area contributed by atoms with Crippen molar-refractivity contribution in [2.24, 2.45) is 0 Å². The summed E-state index contributed by atoms with van der Waals surface area (Å²) in [5.74, 6) is 0.668. The summed E-state index contributed by atoms with van der Waals surface area (Å²) in [5.41, 5.74) is 0.891. The van der Waals surface area contributed by atoms with Crippen molar-refractivity contribution in [3.63, 3.8) is 0 Å². The molecule has 1 saturated carbocycles. The fourth-order valence-electron chi connectivity index (χ4n) is 2.84. The molecule has 0 amide bonds. The van der Waals surface area contributed by atoms with Gasteiger partial charge in [0, 0.05) is 23.6 Å². The standard InChI is InChI=1S/C19H23NO4S/c1-3-23-18(21)19(8-4-9-19)25-17-7-10-20-16-6-5-14(13-15(16)17)24-12-11-22-2/h5-7,10,13H,3-4,8-9,11-12H2,1-2H3. The van der Waals surface area contributed by atoms with Gasteiger partial charge in [0.05, 0.1) is 18.7 Å². The number of ether oxygens (including phenoxy) is 3. The molecule has 0 saturated heterocycles. The Bertz CT molecular complexity index is 745. The van der Waals surface area contributed by atoms with Crippen molar-refractivity contribution in [1.29, 1.82) is 0 Å². The molecule has 0 aliphatic heterocycles. The molecule has 1 aliphatic rings. The number of rotatable bonds is 8. The quantitative estimate of drug-likeness (QED) is 0.526. The van der Waals surface area contributed by atoms with Crippen LogP contribution in [0.15, 0.2) is 35.4 Å². The topological polar surface area (TPSA) is 57.7 Å². The van der Waals surface area contributed by atoms with Crippen LogP contribution in [0.25, 0.3) is 10.9 Å². The maximum atomic E-state index is 12.4. The maximum absolute atomic E-state index is 12.4. The van der Waals surface area contributed by atoms with Crippen LogP contribution in [0, 0.1) is 0 Å². The van der Waals surface area contributed by atoms with E-state index in [1.54, 1.807) is 25.1 Å². The number of carbonyl (C=O) groups excluding carboxylic acids is 1. The zero-order valence-corrected chi connectivity index (χ0v) is 15.4. The molecule has 1 aromatic heterocycles. The molecule has 2 aromatic rings. The molecule has 0 radical (unpaired) electrons. The van der Waals surface area contributed by atoms with Crippen molar-refractivity contribution >= 4 is 28.6 Å². The molecule has 134 valence electrons. The molecule has 1 aliphatic carbocycles. The van der Waals surface area contributed by atoms with Gasteiger partial charge in [0.1, 0.15) is 17.1 Å². The van der Waals surface area contributed by atoms with Crippen LogP contribution in [0.1, 0.15) is 26.2 Å². The fourth-order valence-corrected chi connectivity index (χ4v) is 4.30. The summed E-state index contributed by atoms with van der Waals surface area (Å²) in [6.45, 7) is 3.30. The third-order valence-electron chi connectivity index (χ3n) is 4.34. The summed E-state index contributed by atoms with van der Waals surface area (Å²) in [4.78, 5) is 17.9. The minimum absolute atomic E-state index is 0.108. The average Bonchev–Trinajstić information content (AvgIpc) is 2.58. The molecule has 1 heterocycles. The summed E-state index contributed by atoms with van der Waals surface area (Å²) in [6.07, 6.45) is 4.54. The number of carbonyl (C=O) groups is 1. The van der Waals surface area contributed by atoms with Gasteiger partial charge >= 0.3 is 5.97 Å². The molecule has 1 aromatic carbocycles. The van der Waals surface area contributed by atoms with Crippen LogP contribution in [0.4, 0.5) is 0 Å². The zero-order chi connectivity index (χ0) is 17.7. The Labute approximate surface area is 152 Å². The first-order valence-corrected chi connectivity index (χ1v) is 9.37. The Balaban J connectivity index is 1.87. The van der Waals surface area contributed by atoms with E-state index in [9.17, 15) is 4.79 Å². The van der Waals surface area contributed by atoms with Gasteiger partial charge in [-0.1, -0.05) is 0 Å².